The highest BCUT2D eigenvalue weighted by Gasteiger charge is 2.48. The molecule has 168 valence electrons. The first-order valence-electron chi connectivity index (χ1n) is 11.5. The number of hydrogen-bond donors (Lipinski definition) is 1. The molecule has 0 spiro atoms. The van der Waals surface area contributed by atoms with Crippen LogP contribution in [0.5, 0.6) is 5.75 Å². The fourth-order valence-electron chi connectivity index (χ4n) is 5.30. The predicted octanol–water partition coefficient (Wildman–Crippen LogP) is 4.47. The Bertz CT molecular complexity index is 1230. The van der Waals surface area contributed by atoms with Gasteiger partial charge in [0.05, 0.1) is 24.9 Å². The highest BCUT2D eigenvalue weighted by molar-refractivity contribution is 6.22. The number of ether oxygens (including phenoxy) is 1. The van der Waals surface area contributed by atoms with E-state index >= 15 is 0 Å². The second-order valence-corrected chi connectivity index (χ2v) is 8.93. The van der Waals surface area contributed by atoms with Crippen molar-refractivity contribution in [2.75, 3.05) is 24.4 Å². The fourth-order valence-corrected chi connectivity index (χ4v) is 5.30. The Morgan fingerprint density at radius 1 is 1.09 bits per heavy atom. The maximum atomic E-state index is 13.6. The largest absolute Gasteiger partial charge is 0.497 e. The van der Waals surface area contributed by atoms with E-state index in [9.17, 15) is 4.79 Å². The molecule has 1 N–H and O–H groups in total. The maximum Gasteiger partial charge on any atom is 0.266 e. The summed E-state index contributed by atoms with van der Waals surface area (Å²) in [7, 11) is 3.51. The number of carbonyl (C=O) groups is 1. The van der Waals surface area contributed by atoms with E-state index in [0.29, 0.717) is 18.2 Å². The third kappa shape index (κ3) is 3.18. The summed E-state index contributed by atoms with van der Waals surface area (Å²) in [6.45, 7) is 0.636. The molecular weight excluding hydrogens is 414 g/mol. The first kappa shape index (κ1) is 19.9. The number of aliphatic imine (C=N–C) groups is 1. The van der Waals surface area contributed by atoms with E-state index in [2.05, 4.69) is 33.1 Å². The molecule has 3 heterocycles. The molecule has 0 unspecified atom stereocenters. The van der Waals surface area contributed by atoms with E-state index in [0.717, 1.165) is 47.3 Å². The normalized spacial score (nSPS) is 20.9. The molecule has 33 heavy (non-hydrogen) atoms. The summed E-state index contributed by atoms with van der Waals surface area (Å²) in [6, 6.07) is 18.7. The monoisotopic (exact) mass is 441 g/mol. The average Bonchev–Trinajstić information content (AvgIpc) is 3.52. The summed E-state index contributed by atoms with van der Waals surface area (Å²) >= 11 is 0. The van der Waals surface area contributed by atoms with Gasteiger partial charge in [-0.2, -0.15) is 0 Å². The molecule has 1 amide bonds. The number of benzene rings is 2. The molecule has 0 radical (unpaired) electrons. The average molecular weight is 442 g/mol. The van der Waals surface area contributed by atoms with Gasteiger partial charge in [0.1, 0.15) is 17.1 Å². The number of para-hydroxylation sites is 1. The molecule has 7 nitrogen and oxygen atoms in total. The van der Waals surface area contributed by atoms with E-state index in [1.807, 2.05) is 49.5 Å². The summed E-state index contributed by atoms with van der Waals surface area (Å²) in [5, 5.41) is 3.54. The number of amides is 1. The zero-order chi connectivity index (χ0) is 22.5. The van der Waals surface area contributed by atoms with Crippen molar-refractivity contribution in [1.82, 2.24) is 9.47 Å². The predicted molar refractivity (Wildman–Crippen MR) is 130 cm³/mol. The van der Waals surface area contributed by atoms with Gasteiger partial charge in [0.15, 0.2) is 0 Å². The molecule has 2 aromatic carbocycles. The number of guanidine groups is 1. The third-order valence-corrected chi connectivity index (χ3v) is 6.96. The lowest BCUT2D eigenvalue weighted by Gasteiger charge is -2.35. The Kier molecular flexibility index (Phi) is 4.64. The molecular formula is C26H27N5O2. The van der Waals surface area contributed by atoms with Crippen molar-refractivity contribution >= 4 is 29.1 Å². The topological polar surface area (TPSA) is 62.1 Å². The lowest BCUT2D eigenvalue weighted by Crippen LogP contribution is -2.51. The second kappa shape index (κ2) is 7.69. The van der Waals surface area contributed by atoms with Crippen LogP contribution in [0, 0.1) is 0 Å². The minimum Gasteiger partial charge on any atom is -0.497 e. The number of anilines is 3. The van der Waals surface area contributed by atoms with Gasteiger partial charge in [-0.1, -0.05) is 30.3 Å². The number of aromatic nitrogens is 1. The summed E-state index contributed by atoms with van der Waals surface area (Å²) in [5.74, 6) is 2.40. The van der Waals surface area contributed by atoms with Crippen molar-refractivity contribution in [3.63, 3.8) is 0 Å². The van der Waals surface area contributed by atoms with Crippen LogP contribution in [-0.2, 0) is 6.54 Å². The van der Waals surface area contributed by atoms with Gasteiger partial charge < -0.3 is 19.5 Å². The van der Waals surface area contributed by atoms with Crippen molar-refractivity contribution in [2.45, 2.75) is 37.9 Å². The molecule has 3 aromatic rings. The molecule has 7 heteroatoms. The first-order chi connectivity index (χ1) is 16.1. The molecule has 3 aliphatic rings. The van der Waals surface area contributed by atoms with Crippen LogP contribution in [0.3, 0.4) is 0 Å². The van der Waals surface area contributed by atoms with Crippen molar-refractivity contribution in [1.29, 1.82) is 0 Å². The van der Waals surface area contributed by atoms with E-state index < -0.39 is 0 Å². The number of nitrogens with zero attached hydrogens (tertiary/aromatic N) is 4. The third-order valence-electron chi connectivity index (χ3n) is 6.96. The zero-order valence-corrected chi connectivity index (χ0v) is 18.9. The van der Waals surface area contributed by atoms with Gasteiger partial charge in [-0.25, -0.2) is 4.99 Å². The van der Waals surface area contributed by atoms with Gasteiger partial charge in [0.25, 0.3) is 5.91 Å². The summed E-state index contributed by atoms with van der Waals surface area (Å²) in [4.78, 5) is 22.5. The second-order valence-electron chi connectivity index (χ2n) is 8.93. The Morgan fingerprint density at radius 2 is 1.88 bits per heavy atom. The number of fused-ring (bicyclic) bond motifs is 5. The van der Waals surface area contributed by atoms with Crippen LogP contribution in [0.2, 0.25) is 0 Å². The molecule has 2 aliphatic heterocycles. The lowest BCUT2D eigenvalue weighted by molar-refractivity contribution is 0.0866. The van der Waals surface area contributed by atoms with Crippen molar-refractivity contribution in [2.24, 2.45) is 4.99 Å². The van der Waals surface area contributed by atoms with Gasteiger partial charge in [-0.3, -0.25) is 9.69 Å². The number of hydrogen-bond acceptors (Lipinski definition) is 5. The quantitative estimate of drug-likeness (QED) is 0.635. The van der Waals surface area contributed by atoms with E-state index in [-0.39, 0.29) is 11.9 Å². The standard InChI is InChI=1S/C26H27N5O2/c1-29-25(32)23-22(31-21-10-6-9-20(21)28-26(29)31)16-30(15-17-11-13-19(33-2)14-12-17)24(23)27-18-7-4-3-5-8-18/h3-5,7-8,11-14,16,20-21,27H,6,9-10,15H2,1-2H3/t20-,21+/m1/s1. The van der Waals surface area contributed by atoms with Gasteiger partial charge >= 0.3 is 0 Å². The highest BCUT2D eigenvalue weighted by Crippen LogP contribution is 2.44. The molecule has 0 bridgehead atoms. The SMILES string of the molecule is COc1ccc(Cn2cc3c(c2Nc2ccccc2)C(=O)N(C)C2=N[C@@H]4CCC[C@@H]4N23)cc1. The smallest absolute Gasteiger partial charge is 0.266 e. The number of carbonyl (C=O) groups excluding carboxylic acids is 1. The van der Waals surface area contributed by atoms with Crippen molar-refractivity contribution < 1.29 is 9.53 Å². The highest BCUT2D eigenvalue weighted by atomic mass is 16.5. The Balaban J connectivity index is 1.47. The Morgan fingerprint density at radius 3 is 2.64 bits per heavy atom. The zero-order valence-electron chi connectivity index (χ0n) is 18.9. The van der Waals surface area contributed by atoms with Crippen LogP contribution in [0.4, 0.5) is 17.2 Å². The molecule has 6 rings (SSSR count). The van der Waals surface area contributed by atoms with Crippen LogP contribution >= 0.6 is 0 Å². The molecule has 2 atom stereocenters. The van der Waals surface area contributed by atoms with E-state index in [1.54, 1.807) is 12.0 Å². The molecule has 1 fully saturated rings. The number of nitrogens with one attached hydrogen (secondary N) is 1. The van der Waals surface area contributed by atoms with Crippen LogP contribution < -0.4 is 15.0 Å². The first-order valence-corrected chi connectivity index (χ1v) is 11.5. The Hall–Kier alpha value is -3.74. The maximum absolute atomic E-state index is 13.6. The number of rotatable bonds is 5. The Labute approximate surface area is 193 Å². The summed E-state index contributed by atoms with van der Waals surface area (Å²) in [5.41, 5.74) is 3.75. The molecule has 1 aromatic heterocycles. The van der Waals surface area contributed by atoms with Gasteiger partial charge in [0, 0.05) is 25.5 Å². The lowest BCUT2D eigenvalue weighted by atomic mass is 10.1. The van der Waals surface area contributed by atoms with Crippen molar-refractivity contribution in [3.05, 3.63) is 71.9 Å². The minimum atomic E-state index is -0.0214. The van der Waals surface area contributed by atoms with Crippen LogP contribution in [0.15, 0.2) is 65.8 Å². The van der Waals surface area contributed by atoms with Crippen LogP contribution in [-0.4, -0.2) is 47.6 Å². The molecule has 0 saturated heterocycles. The summed E-state index contributed by atoms with van der Waals surface area (Å²) < 4.78 is 7.46. The van der Waals surface area contributed by atoms with Crippen LogP contribution in [0.25, 0.3) is 0 Å². The van der Waals surface area contributed by atoms with Gasteiger partial charge in [-0.05, 0) is 49.1 Å². The van der Waals surface area contributed by atoms with E-state index in [4.69, 9.17) is 9.73 Å². The molecule has 1 saturated carbocycles. The minimum absolute atomic E-state index is 0.0214. The summed E-state index contributed by atoms with van der Waals surface area (Å²) in [6.07, 6.45) is 5.48. The van der Waals surface area contributed by atoms with Crippen LogP contribution in [0.1, 0.15) is 35.2 Å². The molecule has 1 aliphatic carbocycles. The van der Waals surface area contributed by atoms with E-state index in [1.165, 1.54) is 6.42 Å². The van der Waals surface area contributed by atoms with Gasteiger partial charge in [0.2, 0.25) is 5.96 Å². The fraction of sp³-hybridized carbons (Fsp3) is 0.308. The number of methoxy groups -OCH3 is 1. The van der Waals surface area contributed by atoms with Gasteiger partial charge in [-0.15, -0.1) is 0 Å². The van der Waals surface area contributed by atoms with Crippen molar-refractivity contribution in [3.8, 4) is 5.75 Å².